The molecule has 1 aromatic rings. The van der Waals surface area contributed by atoms with Crippen molar-refractivity contribution < 1.29 is 9.53 Å². The third kappa shape index (κ3) is 2.40. The van der Waals surface area contributed by atoms with Gasteiger partial charge in [-0.05, 0) is 49.3 Å². The van der Waals surface area contributed by atoms with Gasteiger partial charge in [0.15, 0.2) is 0 Å². The van der Waals surface area contributed by atoms with Crippen LogP contribution in [0.25, 0.3) is 0 Å². The zero-order valence-corrected chi connectivity index (χ0v) is 11.9. The van der Waals surface area contributed by atoms with Crippen molar-refractivity contribution in [3.63, 3.8) is 0 Å². The SMILES string of the molecule is COc1cccc2c1CCC2NC(=O)C1CCC(N)C1. The number of benzene rings is 1. The highest BCUT2D eigenvalue weighted by molar-refractivity contribution is 5.79. The van der Waals surface area contributed by atoms with Crippen molar-refractivity contribution in [2.45, 2.75) is 44.2 Å². The molecule has 1 amide bonds. The summed E-state index contributed by atoms with van der Waals surface area (Å²) in [4.78, 5) is 12.3. The number of carbonyl (C=O) groups excluding carboxylic acids is 1. The van der Waals surface area contributed by atoms with E-state index in [1.165, 1.54) is 11.1 Å². The molecule has 0 aliphatic heterocycles. The number of ether oxygens (including phenoxy) is 1. The summed E-state index contributed by atoms with van der Waals surface area (Å²) in [6, 6.07) is 6.40. The highest BCUT2D eigenvalue weighted by Crippen LogP contribution is 2.37. The minimum atomic E-state index is 0.0969. The van der Waals surface area contributed by atoms with E-state index in [1.54, 1.807) is 7.11 Å². The van der Waals surface area contributed by atoms with Crippen molar-refractivity contribution in [2.75, 3.05) is 7.11 Å². The molecule has 0 radical (unpaired) electrons. The molecule has 0 aromatic heterocycles. The second-order valence-corrected chi connectivity index (χ2v) is 5.90. The second kappa shape index (κ2) is 5.44. The number of hydrogen-bond donors (Lipinski definition) is 2. The van der Waals surface area contributed by atoms with E-state index in [2.05, 4.69) is 11.4 Å². The predicted molar refractivity (Wildman–Crippen MR) is 77.5 cm³/mol. The number of rotatable bonds is 3. The lowest BCUT2D eigenvalue weighted by molar-refractivity contribution is -0.125. The average molecular weight is 274 g/mol. The van der Waals surface area contributed by atoms with Crippen LogP contribution in [0.5, 0.6) is 5.75 Å². The molecule has 1 aromatic carbocycles. The minimum absolute atomic E-state index is 0.0969. The van der Waals surface area contributed by atoms with Gasteiger partial charge >= 0.3 is 0 Å². The molecule has 1 fully saturated rings. The van der Waals surface area contributed by atoms with E-state index < -0.39 is 0 Å². The first-order valence-corrected chi connectivity index (χ1v) is 7.40. The molecule has 2 aliphatic carbocycles. The maximum atomic E-state index is 12.3. The van der Waals surface area contributed by atoms with E-state index in [0.29, 0.717) is 0 Å². The number of hydrogen-bond acceptors (Lipinski definition) is 3. The van der Waals surface area contributed by atoms with Crippen LogP contribution in [0.3, 0.4) is 0 Å². The first kappa shape index (κ1) is 13.4. The Morgan fingerprint density at radius 2 is 2.20 bits per heavy atom. The molecule has 0 saturated heterocycles. The fourth-order valence-corrected chi connectivity index (χ4v) is 3.51. The Bertz CT molecular complexity index is 515. The molecular formula is C16H22N2O2. The van der Waals surface area contributed by atoms with E-state index >= 15 is 0 Å². The lowest BCUT2D eigenvalue weighted by Gasteiger charge is -2.17. The normalized spacial score (nSPS) is 28.2. The van der Waals surface area contributed by atoms with E-state index in [9.17, 15) is 4.79 Å². The quantitative estimate of drug-likeness (QED) is 0.885. The molecule has 1 saturated carbocycles. The molecule has 0 heterocycles. The Kier molecular flexibility index (Phi) is 3.66. The predicted octanol–water partition coefficient (Wildman–Crippen LogP) is 1.93. The molecule has 3 unspecified atom stereocenters. The fraction of sp³-hybridized carbons (Fsp3) is 0.562. The van der Waals surface area contributed by atoms with Gasteiger partial charge in [-0.2, -0.15) is 0 Å². The van der Waals surface area contributed by atoms with Crippen LogP contribution < -0.4 is 15.8 Å². The Morgan fingerprint density at radius 3 is 2.90 bits per heavy atom. The fourth-order valence-electron chi connectivity index (χ4n) is 3.51. The molecule has 2 aliphatic rings. The molecular weight excluding hydrogens is 252 g/mol. The monoisotopic (exact) mass is 274 g/mol. The summed E-state index contributed by atoms with van der Waals surface area (Å²) in [6.07, 6.45) is 4.63. The smallest absolute Gasteiger partial charge is 0.223 e. The molecule has 108 valence electrons. The van der Waals surface area contributed by atoms with Crippen LogP contribution in [-0.4, -0.2) is 19.1 Å². The average Bonchev–Trinajstić information content (AvgIpc) is 3.05. The highest BCUT2D eigenvalue weighted by Gasteiger charge is 2.31. The van der Waals surface area contributed by atoms with E-state index in [1.807, 2.05) is 12.1 Å². The van der Waals surface area contributed by atoms with Crippen LogP contribution in [0.2, 0.25) is 0 Å². The summed E-state index contributed by atoms with van der Waals surface area (Å²) in [6.45, 7) is 0. The standard InChI is InChI=1S/C16H22N2O2/c1-20-15-4-2-3-12-13(15)7-8-14(12)18-16(19)10-5-6-11(17)9-10/h2-4,10-11,14H,5-9,17H2,1H3,(H,18,19). The maximum Gasteiger partial charge on any atom is 0.223 e. The van der Waals surface area contributed by atoms with E-state index in [4.69, 9.17) is 10.5 Å². The topological polar surface area (TPSA) is 64.3 Å². The van der Waals surface area contributed by atoms with Gasteiger partial charge in [-0.15, -0.1) is 0 Å². The zero-order chi connectivity index (χ0) is 14.1. The molecule has 0 bridgehead atoms. The lowest BCUT2D eigenvalue weighted by Crippen LogP contribution is -2.32. The number of nitrogens with two attached hydrogens (primary N) is 1. The minimum Gasteiger partial charge on any atom is -0.496 e. The lowest BCUT2D eigenvalue weighted by atomic mass is 10.0. The van der Waals surface area contributed by atoms with E-state index in [-0.39, 0.29) is 23.9 Å². The van der Waals surface area contributed by atoms with Gasteiger partial charge in [-0.1, -0.05) is 12.1 Å². The molecule has 3 atom stereocenters. The molecule has 4 heteroatoms. The van der Waals surface area contributed by atoms with Crippen molar-refractivity contribution in [3.05, 3.63) is 29.3 Å². The van der Waals surface area contributed by atoms with Crippen LogP contribution in [0, 0.1) is 5.92 Å². The van der Waals surface area contributed by atoms with Crippen molar-refractivity contribution in [2.24, 2.45) is 11.7 Å². The second-order valence-electron chi connectivity index (χ2n) is 5.90. The van der Waals surface area contributed by atoms with Gasteiger partial charge in [0.05, 0.1) is 13.2 Å². The molecule has 3 N–H and O–H groups in total. The molecule has 3 rings (SSSR count). The summed E-state index contributed by atoms with van der Waals surface area (Å²) >= 11 is 0. The van der Waals surface area contributed by atoms with Crippen LogP contribution in [0.4, 0.5) is 0 Å². The summed E-state index contributed by atoms with van der Waals surface area (Å²) < 4.78 is 5.39. The van der Waals surface area contributed by atoms with Crippen molar-refractivity contribution in [1.82, 2.24) is 5.32 Å². The Morgan fingerprint density at radius 1 is 1.35 bits per heavy atom. The number of carbonyl (C=O) groups is 1. The summed E-state index contributed by atoms with van der Waals surface area (Å²) in [5.74, 6) is 1.19. The van der Waals surface area contributed by atoms with Gasteiger partial charge in [-0.3, -0.25) is 4.79 Å². The Balaban J connectivity index is 1.71. The van der Waals surface area contributed by atoms with Gasteiger partial charge in [0.25, 0.3) is 0 Å². The zero-order valence-electron chi connectivity index (χ0n) is 11.9. The summed E-state index contributed by atoms with van der Waals surface area (Å²) in [5.41, 5.74) is 8.34. The Hall–Kier alpha value is -1.55. The van der Waals surface area contributed by atoms with Crippen molar-refractivity contribution in [1.29, 1.82) is 0 Å². The number of methoxy groups -OCH3 is 1. The largest absolute Gasteiger partial charge is 0.496 e. The van der Waals surface area contributed by atoms with E-state index in [0.717, 1.165) is 37.9 Å². The van der Waals surface area contributed by atoms with Gasteiger partial charge in [0, 0.05) is 12.0 Å². The van der Waals surface area contributed by atoms with Gasteiger partial charge in [-0.25, -0.2) is 0 Å². The van der Waals surface area contributed by atoms with Crippen LogP contribution in [0.15, 0.2) is 18.2 Å². The first-order valence-electron chi connectivity index (χ1n) is 7.40. The van der Waals surface area contributed by atoms with Crippen molar-refractivity contribution in [3.8, 4) is 5.75 Å². The van der Waals surface area contributed by atoms with Crippen LogP contribution >= 0.6 is 0 Å². The molecule has 20 heavy (non-hydrogen) atoms. The number of nitrogens with one attached hydrogen (secondary N) is 1. The Labute approximate surface area is 119 Å². The van der Waals surface area contributed by atoms with Gasteiger partial charge in [0.1, 0.15) is 5.75 Å². The number of amides is 1. The molecule has 0 spiro atoms. The summed E-state index contributed by atoms with van der Waals surface area (Å²) in [7, 11) is 1.70. The third-order valence-corrected chi connectivity index (χ3v) is 4.61. The van der Waals surface area contributed by atoms with Gasteiger partial charge < -0.3 is 15.8 Å². The van der Waals surface area contributed by atoms with Crippen LogP contribution in [-0.2, 0) is 11.2 Å². The highest BCUT2D eigenvalue weighted by atomic mass is 16.5. The van der Waals surface area contributed by atoms with Crippen molar-refractivity contribution >= 4 is 5.91 Å². The molecule has 4 nitrogen and oxygen atoms in total. The first-order chi connectivity index (χ1) is 9.69. The summed E-state index contributed by atoms with van der Waals surface area (Å²) in [5, 5.41) is 3.20. The van der Waals surface area contributed by atoms with Crippen LogP contribution in [0.1, 0.15) is 42.9 Å². The number of fused-ring (bicyclic) bond motifs is 1. The maximum absolute atomic E-state index is 12.3. The third-order valence-electron chi connectivity index (χ3n) is 4.61. The van der Waals surface area contributed by atoms with Gasteiger partial charge in [0.2, 0.25) is 5.91 Å².